The van der Waals surface area contributed by atoms with Gasteiger partial charge in [-0.25, -0.2) is 22.4 Å². The largest absolute Gasteiger partial charge is 0.444 e. The van der Waals surface area contributed by atoms with Crippen molar-refractivity contribution >= 4 is 39.9 Å². The van der Waals surface area contributed by atoms with Crippen LogP contribution >= 0.6 is 0 Å². The Morgan fingerprint density at radius 3 is 2.46 bits per heavy atom. The lowest BCUT2D eigenvalue weighted by atomic mass is 10.0. The van der Waals surface area contributed by atoms with Crippen LogP contribution in [-0.2, 0) is 47.0 Å². The number of hydrogen-bond acceptors (Lipinski definition) is 10. The highest BCUT2D eigenvalue weighted by Crippen LogP contribution is 2.46. The lowest BCUT2D eigenvalue weighted by Crippen LogP contribution is -2.60. The first-order valence-electron chi connectivity index (χ1n) is 17.3. The summed E-state index contributed by atoms with van der Waals surface area (Å²) in [6.45, 7) is 8.50. The summed E-state index contributed by atoms with van der Waals surface area (Å²) in [4.78, 5) is 70.9. The smallest absolute Gasteiger partial charge is 0.412 e. The molecule has 17 heteroatoms. The summed E-state index contributed by atoms with van der Waals surface area (Å²) in [5.41, 5.74) is -1.76. The van der Waals surface area contributed by atoms with Crippen molar-refractivity contribution in [1.82, 2.24) is 25.2 Å². The van der Waals surface area contributed by atoms with Gasteiger partial charge in [-0.1, -0.05) is 30.4 Å². The number of nitrogens with one attached hydrogen (secondary N) is 3. The van der Waals surface area contributed by atoms with Gasteiger partial charge in [-0.05, 0) is 70.9 Å². The van der Waals surface area contributed by atoms with E-state index in [0.29, 0.717) is 24.0 Å². The monoisotopic (exact) mass is 745 g/mol. The maximum absolute atomic E-state index is 14.5. The number of ether oxygens (including phenoxy) is 2. The number of sulfonamides is 1. The van der Waals surface area contributed by atoms with Crippen LogP contribution in [0.25, 0.3) is 0 Å². The average molecular weight is 746 g/mol. The van der Waals surface area contributed by atoms with Crippen LogP contribution in [0.1, 0.15) is 76.8 Å². The van der Waals surface area contributed by atoms with Crippen molar-refractivity contribution in [3.05, 3.63) is 60.0 Å². The number of hydrogen-bond donors (Lipinski definition) is 4. The zero-order chi connectivity index (χ0) is 37.8. The van der Waals surface area contributed by atoms with Gasteiger partial charge in [0, 0.05) is 24.4 Å². The number of alkyl carbamates (subject to hydrolysis) is 1. The number of aliphatic hydroxyl groups is 1. The fraction of sp³-hybridized carbons (Fsp3) is 0.571. The summed E-state index contributed by atoms with van der Waals surface area (Å²) in [7, 11) is -3.99. The second kappa shape index (κ2) is 13.5. The maximum Gasteiger partial charge on any atom is 0.412 e. The highest BCUT2D eigenvalue weighted by molar-refractivity contribution is 7.91. The minimum Gasteiger partial charge on any atom is -0.444 e. The number of rotatable bonds is 8. The van der Waals surface area contributed by atoms with Gasteiger partial charge in [0.05, 0.1) is 17.8 Å². The summed E-state index contributed by atoms with van der Waals surface area (Å²) >= 11 is 0. The van der Waals surface area contributed by atoms with Crippen LogP contribution in [0.5, 0.6) is 0 Å². The van der Waals surface area contributed by atoms with E-state index in [1.807, 2.05) is 0 Å². The van der Waals surface area contributed by atoms with Crippen molar-refractivity contribution in [2.75, 3.05) is 0 Å². The number of allylic oxidation sites excluding steroid dienone is 1. The normalized spacial score (nSPS) is 30.4. The van der Waals surface area contributed by atoms with Crippen LogP contribution in [0.2, 0.25) is 0 Å². The van der Waals surface area contributed by atoms with Gasteiger partial charge >= 0.3 is 12.2 Å². The van der Waals surface area contributed by atoms with Crippen LogP contribution in [-0.4, -0.2) is 93.5 Å². The number of halogens is 1. The standard InChI is InChI=1S/C35H44FN5O10S/c1-5-21-16-34(21,30(44)39-52(48,49)22-14-15-22)38-28(42)26-17-35(47,51-32(46)40-18-20-10-9-11-24(36)23(20)19-40)27-13-8-6-7-12-25(29(43)41(26)27)37-31(45)50-33(2,3)4/h5-7,9-11,21-22,25-27,47H,1,8,12-19H2,2-4H3,(H,37,45)(H,38,42)(H,39,44)/b7-6+/t21?,25-,26-,27-,34+,35?/m0/s1. The topological polar surface area (TPSA) is 201 Å². The molecule has 3 fully saturated rings. The molecule has 15 nitrogen and oxygen atoms in total. The molecule has 6 atom stereocenters. The van der Waals surface area contributed by atoms with E-state index in [1.54, 1.807) is 39.0 Å². The first kappa shape index (κ1) is 37.3. The molecule has 3 heterocycles. The van der Waals surface area contributed by atoms with E-state index in [4.69, 9.17) is 9.47 Å². The Kier molecular flexibility index (Phi) is 9.65. The fourth-order valence-electron chi connectivity index (χ4n) is 7.15. The Balaban J connectivity index is 1.30. The van der Waals surface area contributed by atoms with Gasteiger partial charge in [-0.2, -0.15) is 0 Å². The maximum atomic E-state index is 14.5. The Hall–Kier alpha value is -4.51. The second-order valence-corrected chi connectivity index (χ2v) is 17.1. The number of benzene rings is 1. The van der Waals surface area contributed by atoms with E-state index in [-0.39, 0.29) is 38.8 Å². The van der Waals surface area contributed by atoms with Crippen molar-refractivity contribution < 1.29 is 51.4 Å². The Labute approximate surface area is 301 Å². The molecule has 4 N–H and O–H groups in total. The molecule has 6 rings (SSSR count). The zero-order valence-corrected chi connectivity index (χ0v) is 30.0. The number of carbonyl (C=O) groups excluding carboxylic acids is 5. The predicted molar refractivity (Wildman–Crippen MR) is 182 cm³/mol. The van der Waals surface area contributed by atoms with E-state index in [2.05, 4.69) is 21.9 Å². The fourth-order valence-corrected chi connectivity index (χ4v) is 8.51. The van der Waals surface area contributed by atoms with Crippen molar-refractivity contribution in [2.45, 2.75) is 119 Å². The highest BCUT2D eigenvalue weighted by Gasteiger charge is 2.64. The van der Waals surface area contributed by atoms with Crippen molar-refractivity contribution in [3.8, 4) is 0 Å². The van der Waals surface area contributed by atoms with Crippen LogP contribution in [0.3, 0.4) is 0 Å². The first-order valence-corrected chi connectivity index (χ1v) is 18.9. The van der Waals surface area contributed by atoms with Gasteiger partial charge in [0.2, 0.25) is 27.6 Å². The number of fused-ring (bicyclic) bond motifs is 2. The first-order chi connectivity index (χ1) is 24.4. The number of nitrogens with zero attached hydrogens (tertiary/aromatic N) is 2. The van der Waals surface area contributed by atoms with E-state index in [1.165, 1.54) is 23.1 Å². The van der Waals surface area contributed by atoms with Gasteiger partial charge in [0.15, 0.2) is 0 Å². The molecule has 52 heavy (non-hydrogen) atoms. The molecule has 3 aliphatic heterocycles. The van der Waals surface area contributed by atoms with Crippen molar-refractivity contribution in [1.29, 1.82) is 0 Å². The third kappa shape index (κ3) is 7.38. The van der Waals surface area contributed by atoms with Crippen LogP contribution < -0.4 is 15.4 Å². The Morgan fingerprint density at radius 1 is 1.10 bits per heavy atom. The lowest BCUT2D eigenvalue weighted by Gasteiger charge is -2.36. The molecule has 1 aromatic carbocycles. The molecule has 282 valence electrons. The molecule has 2 unspecified atom stereocenters. The quantitative estimate of drug-likeness (QED) is 0.226. The summed E-state index contributed by atoms with van der Waals surface area (Å²) in [6, 6.07) is 0.289. The van der Waals surface area contributed by atoms with Gasteiger partial charge in [0.25, 0.3) is 5.91 Å². The minimum absolute atomic E-state index is 0.00460. The lowest BCUT2D eigenvalue weighted by molar-refractivity contribution is -0.187. The minimum atomic E-state index is -3.99. The Morgan fingerprint density at radius 2 is 1.83 bits per heavy atom. The van der Waals surface area contributed by atoms with Gasteiger partial charge in [-0.15, -0.1) is 6.58 Å². The highest BCUT2D eigenvalue weighted by atomic mass is 32.2. The molecule has 2 aliphatic carbocycles. The zero-order valence-electron chi connectivity index (χ0n) is 29.2. The summed E-state index contributed by atoms with van der Waals surface area (Å²) in [6.07, 6.45) is 3.36. The molecular formula is C35H44FN5O10S. The second-order valence-electron chi connectivity index (χ2n) is 15.1. The summed E-state index contributed by atoms with van der Waals surface area (Å²) < 4.78 is 53.0. The van der Waals surface area contributed by atoms with Gasteiger partial charge in [-0.3, -0.25) is 24.0 Å². The number of carbonyl (C=O) groups is 5. The molecular weight excluding hydrogens is 701 g/mol. The molecule has 0 radical (unpaired) electrons. The van der Waals surface area contributed by atoms with E-state index in [9.17, 15) is 41.9 Å². The average Bonchev–Trinajstić information content (AvgIpc) is 3.95. The predicted octanol–water partition coefficient (Wildman–Crippen LogP) is 2.24. The molecule has 0 bridgehead atoms. The molecule has 2 saturated carbocycles. The third-order valence-electron chi connectivity index (χ3n) is 10.1. The molecule has 1 aromatic rings. The Bertz CT molecular complexity index is 1830. The van der Waals surface area contributed by atoms with Gasteiger partial charge < -0.3 is 30.1 Å². The van der Waals surface area contributed by atoms with Crippen LogP contribution in [0.15, 0.2) is 43.0 Å². The molecule has 0 spiro atoms. The molecule has 5 aliphatic rings. The van der Waals surface area contributed by atoms with Gasteiger partial charge in [0.1, 0.15) is 29.0 Å². The number of amides is 5. The molecule has 5 amide bonds. The summed E-state index contributed by atoms with van der Waals surface area (Å²) in [5, 5.41) is 16.6. The SMILES string of the molecule is C=CC1C[C@]1(NC(=O)[C@@H]1CC(O)(OC(=O)N2Cc3cccc(F)c3C2)[C@@H]2CC/C=C/C[C@H](NC(=O)OC(C)(C)C)C(=O)N21)C(=O)NS(=O)(=O)C1CC1. The van der Waals surface area contributed by atoms with Crippen LogP contribution in [0.4, 0.5) is 14.0 Å². The van der Waals surface area contributed by atoms with E-state index < -0.39 is 98.4 Å². The molecule has 0 aromatic heterocycles. The van der Waals surface area contributed by atoms with Crippen molar-refractivity contribution in [3.63, 3.8) is 0 Å². The third-order valence-corrected chi connectivity index (χ3v) is 11.9. The van der Waals surface area contributed by atoms with Crippen molar-refractivity contribution in [2.24, 2.45) is 5.92 Å². The summed E-state index contributed by atoms with van der Waals surface area (Å²) in [5.74, 6) is -6.28. The van der Waals surface area contributed by atoms with Crippen LogP contribution in [0, 0.1) is 11.7 Å². The van der Waals surface area contributed by atoms with E-state index in [0.717, 1.165) is 4.90 Å². The van der Waals surface area contributed by atoms with E-state index >= 15 is 0 Å². The molecule has 1 saturated heterocycles.